The van der Waals surface area contributed by atoms with E-state index in [9.17, 15) is 4.39 Å². The Morgan fingerprint density at radius 2 is 1.75 bits per heavy atom. The van der Waals surface area contributed by atoms with Gasteiger partial charge >= 0.3 is 0 Å². The van der Waals surface area contributed by atoms with Gasteiger partial charge in [0.15, 0.2) is 11.6 Å². The van der Waals surface area contributed by atoms with E-state index in [1.807, 2.05) is 12.1 Å². The van der Waals surface area contributed by atoms with E-state index in [1.165, 1.54) is 18.3 Å². The maximum Gasteiger partial charge on any atom is 0.200 e. The molecule has 2 aromatic heterocycles. The van der Waals surface area contributed by atoms with E-state index < -0.39 is 0 Å². The van der Waals surface area contributed by atoms with Crippen LogP contribution < -0.4 is 10.1 Å². The average molecular weight is 373 g/mol. The zero-order valence-corrected chi connectivity index (χ0v) is 15.1. The molecule has 0 aliphatic rings. The van der Waals surface area contributed by atoms with Crippen LogP contribution in [0.5, 0.6) is 5.75 Å². The second kappa shape index (κ2) is 7.40. The maximum atomic E-state index is 13.3. The van der Waals surface area contributed by atoms with Gasteiger partial charge in [0, 0.05) is 17.8 Å². The number of nitrogens with zero attached hydrogens (tertiary/aromatic N) is 4. The summed E-state index contributed by atoms with van der Waals surface area (Å²) < 4.78 is 18.9. The van der Waals surface area contributed by atoms with Gasteiger partial charge in [-0.1, -0.05) is 18.7 Å². The molecule has 0 spiro atoms. The molecule has 0 radical (unpaired) electrons. The Labute approximate surface area is 160 Å². The molecule has 0 amide bonds. The largest absolute Gasteiger partial charge is 0.494 e. The molecule has 2 aromatic carbocycles. The molecule has 1 N–H and O–H groups in total. The van der Waals surface area contributed by atoms with Crippen LogP contribution in [0, 0.1) is 5.82 Å². The monoisotopic (exact) mass is 373 g/mol. The fourth-order valence-corrected chi connectivity index (χ4v) is 2.89. The molecule has 2 heterocycles. The van der Waals surface area contributed by atoms with Gasteiger partial charge in [0.2, 0.25) is 0 Å². The fraction of sp³-hybridized carbons (Fsp3) is 0.0476. The summed E-state index contributed by atoms with van der Waals surface area (Å²) in [5, 5.41) is 3.78. The van der Waals surface area contributed by atoms with Crippen molar-refractivity contribution in [3.8, 4) is 28.5 Å². The highest BCUT2D eigenvalue weighted by Gasteiger charge is 2.16. The Hall–Kier alpha value is -3.87. The van der Waals surface area contributed by atoms with Crippen molar-refractivity contribution in [1.82, 2.24) is 19.9 Å². The van der Waals surface area contributed by atoms with Crippen molar-refractivity contribution in [1.29, 1.82) is 0 Å². The minimum absolute atomic E-state index is 0.290. The molecular weight excluding hydrogens is 357 g/mol. The lowest BCUT2D eigenvalue weighted by atomic mass is 10.0. The minimum atomic E-state index is -0.290. The minimum Gasteiger partial charge on any atom is -0.494 e. The summed E-state index contributed by atoms with van der Waals surface area (Å²) in [4.78, 5) is 17.6. The molecule has 0 unspecified atom stereocenters. The van der Waals surface area contributed by atoms with Crippen molar-refractivity contribution >= 4 is 16.7 Å². The first kappa shape index (κ1) is 17.5. The van der Waals surface area contributed by atoms with Gasteiger partial charge in [0.25, 0.3) is 0 Å². The van der Waals surface area contributed by atoms with Gasteiger partial charge in [-0.25, -0.2) is 24.3 Å². The van der Waals surface area contributed by atoms with Crippen molar-refractivity contribution in [3.63, 3.8) is 0 Å². The summed E-state index contributed by atoms with van der Waals surface area (Å²) >= 11 is 0. The number of fused-ring (bicyclic) bond motifs is 1. The first-order chi connectivity index (χ1) is 13.7. The molecule has 4 aromatic rings. The second-order valence-corrected chi connectivity index (χ2v) is 5.90. The number of anilines is 1. The van der Waals surface area contributed by atoms with E-state index in [0.717, 1.165) is 16.5 Å². The van der Waals surface area contributed by atoms with Crippen molar-refractivity contribution in [2.45, 2.75) is 0 Å². The van der Waals surface area contributed by atoms with E-state index in [1.54, 1.807) is 37.7 Å². The standard InChI is InChI=1S/C21H16FN5O/c1-3-23-19-16-11-14(13-5-7-15(22)8-6-13)12-17(28-2)18(16)26-21(27-19)20-24-9-4-10-25-20/h3-12H,1H2,2H3,(H,23,26,27). The van der Waals surface area contributed by atoms with Gasteiger partial charge in [0.05, 0.1) is 7.11 Å². The molecule has 4 rings (SSSR count). The lowest BCUT2D eigenvalue weighted by Gasteiger charge is -2.13. The SMILES string of the molecule is C=CNc1nc(-c2ncccn2)nc2c(OC)cc(-c3ccc(F)cc3)cc12. The summed E-state index contributed by atoms with van der Waals surface area (Å²) in [6.07, 6.45) is 4.80. The highest BCUT2D eigenvalue weighted by atomic mass is 19.1. The lowest BCUT2D eigenvalue weighted by molar-refractivity contribution is 0.419. The van der Waals surface area contributed by atoms with Crippen molar-refractivity contribution in [2.75, 3.05) is 12.4 Å². The van der Waals surface area contributed by atoms with Crippen LogP contribution in [0.15, 0.2) is 67.6 Å². The Kier molecular flexibility index (Phi) is 4.63. The zero-order valence-electron chi connectivity index (χ0n) is 15.1. The predicted molar refractivity (Wildman–Crippen MR) is 106 cm³/mol. The smallest absolute Gasteiger partial charge is 0.200 e. The van der Waals surface area contributed by atoms with Crippen LogP contribution >= 0.6 is 0 Å². The van der Waals surface area contributed by atoms with Gasteiger partial charge in [0.1, 0.15) is 22.9 Å². The Balaban J connectivity index is 1.97. The van der Waals surface area contributed by atoms with Gasteiger partial charge in [-0.3, -0.25) is 0 Å². The second-order valence-electron chi connectivity index (χ2n) is 5.90. The molecule has 0 aliphatic heterocycles. The number of ether oxygens (including phenoxy) is 1. The van der Waals surface area contributed by atoms with E-state index in [2.05, 4.69) is 31.8 Å². The number of benzene rings is 2. The number of nitrogens with one attached hydrogen (secondary N) is 1. The Bertz CT molecular complexity index is 1150. The number of aromatic nitrogens is 4. The first-order valence-electron chi connectivity index (χ1n) is 8.50. The van der Waals surface area contributed by atoms with E-state index in [0.29, 0.717) is 28.7 Å². The Morgan fingerprint density at radius 3 is 2.43 bits per heavy atom. The quantitative estimate of drug-likeness (QED) is 0.557. The van der Waals surface area contributed by atoms with E-state index >= 15 is 0 Å². The van der Waals surface area contributed by atoms with E-state index in [4.69, 9.17) is 4.74 Å². The van der Waals surface area contributed by atoms with Crippen LogP contribution in [0.3, 0.4) is 0 Å². The highest BCUT2D eigenvalue weighted by Crippen LogP contribution is 2.35. The van der Waals surface area contributed by atoms with Crippen LogP contribution in [0.2, 0.25) is 0 Å². The van der Waals surface area contributed by atoms with Gasteiger partial charge in [-0.15, -0.1) is 0 Å². The number of halogens is 1. The summed E-state index contributed by atoms with van der Waals surface area (Å²) in [5.74, 6) is 1.58. The highest BCUT2D eigenvalue weighted by molar-refractivity contribution is 5.97. The van der Waals surface area contributed by atoms with Gasteiger partial charge in [-0.2, -0.15) is 0 Å². The topological polar surface area (TPSA) is 72.8 Å². The van der Waals surface area contributed by atoms with E-state index in [-0.39, 0.29) is 5.82 Å². The molecule has 0 atom stereocenters. The number of hydrogen-bond donors (Lipinski definition) is 1. The van der Waals surface area contributed by atoms with Crippen molar-refractivity contribution in [3.05, 3.63) is 73.5 Å². The lowest BCUT2D eigenvalue weighted by Crippen LogP contribution is -2.02. The molecule has 0 fully saturated rings. The van der Waals surface area contributed by atoms with Gasteiger partial charge < -0.3 is 10.1 Å². The third-order valence-corrected chi connectivity index (χ3v) is 4.17. The van der Waals surface area contributed by atoms with Crippen molar-refractivity contribution < 1.29 is 9.13 Å². The molecule has 7 heteroatoms. The van der Waals surface area contributed by atoms with Crippen LogP contribution in [0.4, 0.5) is 10.2 Å². The van der Waals surface area contributed by atoms with Crippen LogP contribution in [-0.2, 0) is 0 Å². The Morgan fingerprint density at radius 1 is 1.00 bits per heavy atom. The summed E-state index contributed by atoms with van der Waals surface area (Å²) in [6.45, 7) is 3.72. The predicted octanol–water partition coefficient (Wildman–Crippen LogP) is 4.46. The molecule has 0 aliphatic carbocycles. The third kappa shape index (κ3) is 3.25. The average Bonchev–Trinajstić information content (AvgIpc) is 2.74. The fourth-order valence-electron chi connectivity index (χ4n) is 2.89. The molecule has 0 saturated heterocycles. The third-order valence-electron chi connectivity index (χ3n) is 4.17. The van der Waals surface area contributed by atoms with Crippen molar-refractivity contribution in [2.24, 2.45) is 0 Å². The summed E-state index contributed by atoms with van der Waals surface area (Å²) in [6, 6.07) is 11.8. The van der Waals surface area contributed by atoms with Crippen LogP contribution in [0.25, 0.3) is 33.7 Å². The molecular formula is C21H16FN5O. The molecule has 0 bridgehead atoms. The number of hydrogen-bond acceptors (Lipinski definition) is 6. The molecule has 28 heavy (non-hydrogen) atoms. The summed E-state index contributed by atoms with van der Waals surface area (Å²) in [7, 11) is 1.57. The molecule has 6 nitrogen and oxygen atoms in total. The van der Waals surface area contributed by atoms with Gasteiger partial charge in [-0.05, 0) is 47.7 Å². The number of rotatable bonds is 5. The van der Waals surface area contributed by atoms with Crippen LogP contribution in [0.1, 0.15) is 0 Å². The molecule has 138 valence electrons. The first-order valence-corrected chi connectivity index (χ1v) is 8.50. The van der Waals surface area contributed by atoms with Crippen LogP contribution in [-0.4, -0.2) is 27.0 Å². The normalized spacial score (nSPS) is 10.6. The maximum absolute atomic E-state index is 13.3. The molecule has 0 saturated carbocycles. The summed E-state index contributed by atoms with van der Waals surface area (Å²) in [5.41, 5.74) is 2.31. The zero-order chi connectivity index (χ0) is 19.5. The number of methoxy groups -OCH3 is 1.